The standard InChI is InChI=1S/C11H22N2O4S/c1-10-7-13(5-6-17-10)18(15,16)12-4-2-3-11(8-12)9-14/h10-11,14H,2-9H2,1H3. The van der Waals surface area contributed by atoms with Crippen LogP contribution >= 0.6 is 0 Å². The predicted octanol–water partition coefficient (Wildman–Crippen LogP) is -0.344. The number of rotatable bonds is 3. The van der Waals surface area contributed by atoms with Crippen LogP contribution in [0.4, 0.5) is 0 Å². The highest BCUT2D eigenvalue weighted by Gasteiger charge is 2.35. The fraction of sp³-hybridized carbons (Fsp3) is 1.00. The number of ether oxygens (including phenoxy) is 1. The molecule has 1 N–H and O–H groups in total. The van der Waals surface area contributed by atoms with Crippen molar-refractivity contribution >= 4 is 10.2 Å². The zero-order chi connectivity index (χ0) is 13.2. The minimum absolute atomic E-state index is 0.0491. The molecular formula is C11H22N2O4S. The molecule has 2 unspecified atom stereocenters. The Bertz CT molecular complexity index is 373. The minimum atomic E-state index is -3.39. The van der Waals surface area contributed by atoms with Crippen LogP contribution in [-0.4, -0.2) is 67.6 Å². The molecule has 0 spiro atoms. The van der Waals surface area contributed by atoms with Crippen molar-refractivity contribution in [1.29, 1.82) is 0 Å². The molecule has 2 fully saturated rings. The van der Waals surface area contributed by atoms with Crippen molar-refractivity contribution in [2.45, 2.75) is 25.9 Å². The topological polar surface area (TPSA) is 70.1 Å². The van der Waals surface area contributed by atoms with E-state index in [-0.39, 0.29) is 18.6 Å². The zero-order valence-electron chi connectivity index (χ0n) is 10.8. The van der Waals surface area contributed by atoms with E-state index >= 15 is 0 Å². The van der Waals surface area contributed by atoms with Gasteiger partial charge in [0.2, 0.25) is 0 Å². The van der Waals surface area contributed by atoms with Crippen molar-refractivity contribution in [3.8, 4) is 0 Å². The molecule has 0 bridgehead atoms. The molecular weight excluding hydrogens is 256 g/mol. The number of piperidine rings is 1. The fourth-order valence-electron chi connectivity index (χ4n) is 2.54. The van der Waals surface area contributed by atoms with Crippen molar-refractivity contribution in [2.75, 3.05) is 39.4 Å². The van der Waals surface area contributed by atoms with Gasteiger partial charge in [-0.25, -0.2) is 0 Å². The average molecular weight is 278 g/mol. The highest BCUT2D eigenvalue weighted by atomic mass is 32.2. The molecule has 2 atom stereocenters. The van der Waals surface area contributed by atoms with Crippen LogP contribution in [0.2, 0.25) is 0 Å². The van der Waals surface area contributed by atoms with Gasteiger partial charge in [0.1, 0.15) is 0 Å². The smallest absolute Gasteiger partial charge is 0.282 e. The maximum atomic E-state index is 12.5. The van der Waals surface area contributed by atoms with E-state index in [1.807, 2.05) is 6.92 Å². The summed E-state index contributed by atoms with van der Waals surface area (Å²) in [4.78, 5) is 0. The van der Waals surface area contributed by atoms with Crippen LogP contribution in [0, 0.1) is 5.92 Å². The van der Waals surface area contributed by atoms with Gasteiger partial charge in [-0.15, -0.1) is 0 Å². The Balaban J connectivity index is 2.05. The van der Waals surface area contributed by atoms with Gasteiger partial charge in [-0.05, 0) is 25.7 Å². The number of hydrogen-bond donors (Lipinski definition) is 1. The first-order chi connectivity index (χ1) is 8.54. The van der Waals surface area contributed by atoms with Gasteiger partial charge in [-0.2, -0.15) is 17.0 Å². The minimum Gasteiger partial charge on any atom is -0.396 e. The van der Waals surface area contributed by atoms with Crippen molar-refractivity contribution in [1.82, 2.24) is 8.61 Å². The van der Waals surface area contributed by atoms with Crippen molar-refractivity contribution in [2.24, 2.45) is 5.92 Å². The van der Waals surface area contributed by atoms with Gasteiger partial charge in [0.15, 0.2) is 0 Å². The zero-order valence-corrected chi connectivity index (χ0v) is 11.6. The second-order valence-corrected chi connectivity index (χ2v) is 7.02. The summed E-state index contributed by atoms with van der Waals surface area (Å²) in [6, 6.07) is 0. The maximum absolute atomic E-state index is 12.5. The molecule has 2 heterocycles. The summed E-state index contributed by atoms with van der Waals surface area (Å²) < 4.78 is 33.3. The molecule has 106 valence electrons. The van der Waals surface area contributed by atoms with Crippen molar-refractivity contribution in [3.63, 3.8) is 0 Å². The molecule has 2 saturated heterocycles. The van der Waals surface area contributed by atoms with E-state index in [0.717, 1.165) is 12.8 Å². The highest BCUT2D eigenvalue weighted by Crippen LogP contribution is 2.22. The summed E-state index contributed by atoms with van der Waals surface area (Å²) in [7, 11) is -3.39. The quantitative estimate of drug-likeness (QED) is 0.766. The largest absolute Gasteiger partial charge is 0.396 e. The van der Waals surface area contributed by atoms with Gasteiger partial charge in [0, 0.05) is 32.8 Å². The number of aliphatic hydroxyl groups excluding tert-OH is 1. The summed E-state index contributed by atoms with van der Waals surface area (Å²) in [5.74, 6) is 0.0759. The Morgan fingerprint density at radius 2 is 2.00 bits per heavy atom. The molecule has 2 aliphatic heterocycles. The monoisotopic (exact) mass is 278 g/mol. The lowest BCUT2D eigenvalue weighted by molar-refractivity contribution is 0.00756. The van der Waals surface area contributed by atoms with Crippen LogP contribution in [0.15, 0.2) is 0 Å². The summed E-state index contributed by atoms with van der Waals surface area (Å²) in [5, 5.41) is 9.17. The Morgan fingerprint density at radius 1 is 1.28 bits per heavy atom. The Labute approximate surface area is 109 Å². The Morgan fingerprint density at radius 3 is 2.67 bits per heavy atom. The summed E-state index contributed by atoms with van der Waals surface area (Å²) in [6.07, 6.45) is 1.68. The highest BCUT2D eigenvalue weighted by molar-refractivity contribution is 7.86. The SMILES string of the molecule is CC1CN(S(=O)(=O)N2CCCC(CO)C2)CCO1. The van der Waals surface area contributed by atoms with Gasteiger partial charge in [0.05, 0.1) is 12.7 Å². The summed E-state index contributed by atoms with van der Waals surface area (Å²) in [5.41, 5.74) is 0. The molecule has 0 saturated carbocycles. The molecule has 2 rings (SSSR count). The molecule has 18 heavy (non-hydrogen) atoms. The third-order valence-corrected chi connectivity index (χ3v) is 5.56. The number of hydrogen-bond acceptors (Lipinski definition) is 4. The maximum Gasteiger partial charge on any atom is 0.282 e. The lowest BCUT2D eigenvalue weighted by Crippen LogP contribution is -2.53. The predicted molar refractivity (Wildman–Crippen MR) is 67.3 cm³/mol. The molecule has 0 aliphatic carbocycles. The molecule has 2 aliphatic rings. The molecule has 7 heteroatoms. The summed E-state index contributed by atoms with van der Waals surface area (Å²) in [6.45, 7) is 4.24. The van der Waals surface area contributed by atoms with E-state index in [4.69, 9.17) is 4.74 Å². The van der Waals surface area contributed by atoms with E-state index < -0.39 is 10.2 Å². The van der Waals surface area contributed by atoms with Crippen LogP contribution in [-0.2, 0) is 14.9 Å². The van der Waals surface area contributed by atoms with Crippen molar-refractivity contribution < 1.29 is 18.3 Å². The lowest BCUT2D eigenvalue weighted by Gasteiger charge is -2.37. The first kappa shape index (κ1) is 14.2. The molecule has 6 nitrogen and oxygen atoms in total. The fourth-order valence-corrected chi connectivity index (χ4v) is 4.33. The van der Waals surface area contributed by atoms with E-state index in [9.17, 15) is 13.5 Å². The number of morpholine rings is 1. The third kappa shape index (κ3) is 3.03. The Kier molecular flexibility index (Phi) is 4.60. The third-order valence-electron chi connectivity index (χ3n) is 3.60. The molecule has 0 aromatic rings. The van der Waals surface area contributed by atoms with E-state index in [2.05, 4.69) is 0 Å². The van der Waals surface area contributed by atoms with Gasteiger partial charge >= 0.3 is 0 Å². The number of aliphatic hydroxyl groups is 1. The molecule has 0 aromatic heterocycles. The molecule has 0 aromatic carbocycles. The van der Waals surface area contributed by atoms with Crippen LogP contribution in [0.1, 0.15) is 19.8 Å². The molecule has 0 amide bonds. The van der Waals surface area contributed by atoms with Crippen LogP contribution in [0.25, 0.3) is 0 Å². The first-order valence-corrected chi connectivity index (χ1v) is 7.91. The van der Waals surface area contributed by atoms with E-state index in [1.54, 1.807) is 0 Å². The van der Waals surface area contributed by atoms with Crippen LogP contribution < -0.4 is 0 Å². The Hall–Kier alpha value is -0.210. The average Bonchev–Trinajstić information content (AvgIpc) is 2.39. The van der Waals surface area contributed by atoms with Gasteiger partial charge in [-0.1, -0.05) is 0 Å². The van der Waals surface area contributed by atoms with Crippen LogP contribution in [0.3, 0.4) is 0 Å². The van der Waals surface area contributed by atoms with Gasteiger partial charge in [0.25, 0.3) is 10.2 Å². The molecule has 0 radical (unpaired) electrons. The second kappa shape index (κ2) is 5.83. The van der Waals surface area contributed by atoms with Gasteiger partial charge < -0.3 is 9.84 Å². The van der Waals surface area contributed by atoms with E-state index in [0.29, 0.717) is 32.8 Å². The first-order valence-electron chi connectivity index (χ1n) is 6.51. The number of nitrogens with zero attached hydrogens (tertiary/aromatic N) is 2. The second-order valence-electron chi connectivity index (χ2n) is 5.10. The summed E-state index contributed by atoms with van der Waals surface area (Å²) >= 11 is 0. The van der Waals surface area contributed by atoms with Gasteiger partial charge in [-0.3, -0.25) is 0 Å². The normalized spacial score (nSPS) is 32.6. The lowest BCUT2D eigenvalue weighted by atomic mass is 10.0. The van der Waals surface area contributed by atoms with Crippen LogP contribution in [0.5, 0.6) is 0 Å². The van der Waals surface area contributed by atoms with E-state index in [1.165, 1.54) is 8.61 Å². The van der Waals surface area contributed by atoms with Crippen molar-refractivity contribution in [3.05, 3.63) is 0 Å².